The Morgan fingerprint density at radius 3 is 2.40 bits per heavy atom. The Bertz CT molecular complexity index is 116. The van der Waals surface area contributed by atoms with Gasteiger partial charge in [-0.05, 0) is 18.3 Å². The molecule has 0 spiro atoms. The summed E-state index contributed by atoms with van der Waals surface area (Å²) in [5.41, 5.74) is 0. The Labute approximate surface area is 62.8 Å². The monoisotopic (exact) mass is 140 g/mol. The molecule has 0 heterocycles. The number of hydrogen-bond acceptors (Lipinski definition) is 1. The van der Waals surface area contributed by atoms with Crippen LogP contribution in [0, 0.1) is 17.8 Å². The fourth-order valence-corrected chi connectivity index (χ4v) is 1.83. The molecule has 0 aliphatic heterocycles. The minimum absolute atomic E-state index is 0.421. The van der Waals surface area contributed by atoms with E-state index in [4.69, 9.17) is 0 Å². The fourth-order valence-electron chi connectivity index (χ4n) is 1.83. The van der Waals surface area contributed by atoms with Gasteiger partial charge in [0.05, 0.1) is 0 Å². The number of rotatable bonds is 4. The summed E-state index contributed by atoms with van der Waals surface area (Å²) in [7, 11) is 0. The summed E-state index contributed by atoms with van der Waals surface area (Å²) in [5.74, 6) is 1.98. The fraction of sp³-hybridized carbons (Fsp3) is 0.889. The van der Waals surface area contributed by atoms with Crippen LogP contribution in [0.5, 0.6) is 0 Å². The number of hydrogen-bond donors (Lipinski definition) is 0. The van der Waals surface area contributed by atoms with Crippen molar-refractivity contribution in [3.63, 3.8) is 0 Å². The second-order valence-electron chi connectivity index (χ2n) is 3.28. The van der Waals surface area contributed by atoms with Gasteiger partial charge in [-0.15, -0.1) is 0 Å². The SMILES string of the molecule is CCC(CC)[C@H]1C[C@H]1C=O. The van der Waals surface area contributed by atoms with Crippen molar-refractivity contribution in [1.82, 2.24) is 0 Å². The molecule has 1 heteroatoms. The van der Waals surface area contributed by atoms with Gasteiger partial charge in [0.1, 0.15) is 6.29 Å². The van der Waals surface area contributed by atoms with Crippen LogP contribution in [0.3, 0.4) is 0 Å². The Hall–Kier alpha value is -0.330. The Kier molecular flexibility index (Phi) is 2.47. The molecule has 0 aromatic carbocycles. The number of aldehydes is 1. The molecule has 0 aromatic rings. The van der Waals surface area contributed by atoms with E-state index < -0.39 is 0 Å². The van der Waals surface area contributed by atoms with E-state index in [1.807, 2.05) is 0 Å². The zero-order valence-electron chi connectivity index (χ0n) is 6.84. The third kappa shape index (κ3) is 1.39. The van der Waals surface area contributed by atoms with E-state index in [-0.39, 0.29) is 0 Å². The maximum absolute atomic E-state index is 10.3. The first-order valence-corrected chi connectivity index (χ1v) is 4.28. The molecule has 1 rings (SSSR count). The molecular formula is C9H16O. The molecular weight excluding hydrogens is 124 g/mol. The lowest BCUT2D eigenvalue weighted by atomic mass is 9.96. The van der Waals surface area contributed by atoms with Crippen LogP contribution in [-0.4, -0.2) is 6.29 Å². The van der Waals surface area contributed by atoms with Crippen LogP contribution in [0.1, 0.15) is 33.1 Å². The van der Waals surface area contributed by atoms with Gasteiger partial charge in [0.25, 0.3) is 0 Å². The van der Waals surface area contributed by atoms with Crippen molar-refractivity contribution in [3.05, 3.63) is 0 Å². The van der Waals surface area contributed by atoms with E-state index in [1.54, 1.807) is 0 Å². The molecule has 0 bridgehead atoms. The van der Waals surface area contributed by atoms with Gasteiger partial charge in [-0.1, -0.05) is 26.7 Å². The second-order valence-corrected chi connectivity index (χ2v) is 3.28. The lowest BCUT2D eigenvalue weighted by molar-refractivity contribution is -0.109. The third-order valence-corrected chi connectivity index (χ3v) is 2.72. The van der Waals surface area contributed by atoms with Crippen molar-refractivity contribution in [2.45, 2.75) is 33.1 Å². The van der Waals surface area contributed by atoms with Gasteiger partial charge >= 0.3 is 0 Å². The molecule has 0 saturated heterocycles. The van der Waals surface area contributed by atoms with Crippen LogP contribution in [0.15, 0.2) is 0 Å². The molecule has 0 amide bonds. The zero-order chi connectivity index (χ0) is 7.56. The van der Waals surface area contributed by atoms with Crippen LogP contribution < -0.4 is 0 Å². The molecule has 58 valence electrons. The molecule has 1 fully saturated rings. The van der Waals surface area contributed by atoms with Gasteiger partial charge in [-0.25, -0.2) is 0 Å². The van der Waals surface area contributed by atoms with E-state index in [9.17, 15) is 4.79 Å². The van der Waals surface area contributed by atoms with Crippen molar-refractivity contribution < 1.29 is 4.79 Å². The molecule has 2 atom stereocenters. The minimum atomic E-state index is 0.421. The van der Waals surface area contributed by atoms with Gasteiger partial charge in [0.2, 0.25) is 0 Å². The summed E-state index contributed by atoms with van der Waals surface area (Å²) in [5, 5.41) is 0. The predicted octanol–water partition coefficient (Wildman–Crippen LogP) is 2.26. The zero-order valence-corrected chi connectivity index (χ0v) is 6.84. The van der Waals surface area contributed by atoms with Gasteiger partial charge < -0.3 is 4.79 Å². The molecule has 1 saturated carbocycles. The van der Waals surface area contributed by atoms with Crippen molar-refractivity contribution in [1.29, 1.82) is 0 Å². The van der Waals surface area contributed by atoms with Gasteiger partial charge in [-0.3, -0.25) is 0 Å². The second kappa shape index (κ2) is 3.18. The van der Waals surface area contributed by atoms with Crippen molar-refractivity contribution in [2.75, 3.05) is 0 Å². The van der Waals surface area contributed by atoms with Gasteiger partial charge in [0.15, 0.2) is 0 Å². The largest absolute Gasteiger partial charge is 0.303 e. The summed E-state index contributed by atoms with van der Waals surface area (Å²) < 4.78 is 0. The van der Waals surface area contributed by atoms with Crippen LogP contribution in [0.2, 0.25) is 0 Å². The standard InChI is InChI=1S/C9H16O/c1-3-7(4-2)9-5-8(9)6-10/h6-9H,3-5H2,1-2H3/t8-,9+/m0/s1. The Morgan fingerprint density at radius 2 is 2.10 bits per heavy atom. The molecule has 10 heavy (non-hydrogen) atoms. The maximum Gasteiger partial charge on any atom is 0.123 e. The van der Waals surface area contributed by atoms with Crippen molar-refractivity contribution in [3.8, 4) is 0 Å². The van der Waals surface area contributed by atoms with E-state index in [0.717, 1.165) is 24.5 Å². The van der Waals surface area contributed by atoms with Crippen LogP contribution in [-0.2, 0) is 4.79 Å². The van der Waals surface area contributed by atoms with Crippen LogP contribution >= 0.6 is 0 Å². The lowest BCUT2D eigenvalue weighted by Gasteiger charge is -2.09. The molecule has 0 N–H and O–H groups in total. The van der Waals surface area contributed by atoms with Gasteiger partial charge in [-0.2, -0.15) is 0 Å². The maximum atomic E-state index is 10.3. The highest BCUT2D eigenvalue weighted by Gasteiger charge is 2.40. The summed E-state index contributed by atoms with van der Waals surface area (Å²) in [4.78, 5) is 10.3. The first kappa shape index (κ1) is 7.77. The van der Waals surface area contributed by atoms with Crippen molar-refractivity contribution >= 4 is 6.29 Å². The first-order chi connectivity index (χ1) is 4.83. The Balaban J connectivity index is 2.29. The van der Waals surface area contributed by atoms with E-state index in [2.05, 4.69) is 13.8 Å². The average Bonchev–Trinajstić information content (AvgIpc) is 2.70. The average molecular weight is 140 g/mol. The summed E-state index contributed by atoms with van der Waals surface area (Å²) in [6.45, 7) is 4.43. The molecule has 0 unspecified atom stereocenters. The van der Waals surface area contributed by atoms with E-state index in [0.29, 0.717) is 5.92 Å². The first-order valence-electron chi connectivity index (χ1n) is 4.28. The summed E-state index contributed by atoms with van der Waals surface area (Å²) >= 11 is 0. The number of carbonyl (C=O) groups excluding carboxylic acids is 1. The highest BCUT2D eigenvalue weighted by molar-refractivity contribution is 5.58. The molecule has 1 aliphatic carbocycles. The smallest absolute Gasteiger partial charge is 0.123 e. The van der Waals surface area contributed by atoms with E-state index >= 15 is 0 Å². The van der Waals surface area contributed by atoms with Crippen LogP contribution in [0.25, 0.3) is 0 Å². The molecule has 0 radical (unpaired) electrons. The topological polar surface area (TPSA) is 17.1 Å². The summed E-state index contributed by atoms with van der Waals surface area (Å²) in [6.07, 6.45) is 4.77. The summed E-state index contributed by atoms with van der Waals surface area (Å²) in [6, 6.07) is 0. The van der Waals surface area contributed by atoms with Crippen LogP contribution in [0.4, 0.5) is 0 Å². The quantitative estimate of drug-likeness (QED) is 0.547. The minimum Gasteiger partial charge on any atom is -0.303 e. The molecule has 1 aliphatic rings. The number of carbonyl (C=O) groups is 1. The highest BCUT2D eigenvalue weighted by atomic mass is 16.1. The molecule has 1 nitrogen and oxygen atoms in total. The highest BCUT2D eigenvalue weighted by Crippen LogP contribution is 2.45. The molecule has 0 aromatic heterocycles. The van der Waals surface area contributed by atoms with E-state index in [1.165, 1.54) is 12.8 Å². The lowest BCUT2D eigenvalue weighted by Crippen LogP contribution is -2.01. The normalized spacial score (nSPS) is 30.7. The van der Waals surface area contributed by atoms with Gasteiger partial charge in [0, 0.05) is 5.92 Å². The third-order valence-electron chi connectivity index (χ3n) is 2.72. The van der Waals surface area contributed by atoms with Crippen molar-refractivity contribution in [2.24, 2.45) is 17.8 Å². The predicted molar refractivity (Wildman–Crippen MR) is 41.7 cm³/mol. The Morgan fingerprint density at radius 1 is 1.50 bits per heavy atom.